The average Bonchev–Trinajstić information content (AvgIpc) is 3.04. The number of nitrogens with zero attached hydrogens (tertiary/aromatic N) is 3. The van der Waals surface area contributed by atoms with E-state index in [1.54, 1.807) is 0 Å². The molecule has 8 heteroatoms. The van der Waals surface area contributed by atoms with E-state index in [2.05, 4.69) is 16.9 Å². The second-order valence-corrected chi connectivity index (χ2v) is 7.90. The van der Waals surface area contributed by atoms with Gasteiger partial charge in [0.1, 0.15) is 0 Å². The number of hydrogen-bond donors (Lipinski definition) is 1. The Morgan fingerprint density at radius 2 is 2.00 bits per heavy atom. The number of primary sulfonamides is 1. The molecule has 0 saturated carbocycles. The minimum absolute atomic E-state index is 0.0973. The second-order valence-electron chi connectivity index (χ2n) is 6.39. The molecule has 2 N–H and O–H groups in total. The maximum atomic E-state index is 12.5. The molecule has 2 saturated heterocycles. The van der Waals surface area contributed by atoms with Crippen LogP contribution in [0.25, 0.3) is 0 Å². The van der Waals surface area contributed by atoms with Crippen molar-refractivity contribution < 1.29 is 13.2 Å². The fourth-order valence-electron chi connectivity index (χ4n) is 3.46. The smallest absolute Gasteiger partial charge is 0.255 e. The number of hydrogen-bond acceptors (Lipinski definition) is 5. The standard InChI is InChI=1S/C14H20N4O3S/c1-17-6-4-14(9-17)5-7-18(10-14)13(19)11-2-3-12(16-8-11)22(15,20)21/h2-3,8H,4-7,9-10H2,1H3,(H2,15,20,21). The molecule has 22 heavy (non-hydrogen) atoms. The molecule has 3 heterocycles. The lowest BCUT2D eigenvalue weighted by Crippen LogP contribution is -2.33. The highest BCUT2D eigenvalue weighted by Gasteiger charge is 2.43. The summed E-state index contributed by atoms with van der Waals surface area (Å²) < 4.78 is 22.4. The van der Waals surface area contributed by atoms with Crippen molar-refractivity contribution in [3.05, 3.63) is 23.9 Å². The molecule has 1 atom stereocenters. The van der Waals surface area contributed by atoms with Crippen LogP contribution in [0.3, 0.4) is 0 Å². The van der Waals surface area contributed by atoms with Gasteiger partial charge in [-0.3, -0.25) is 4.79 Å². The van der Waals surface area contributed by atoms with Gasteiger partial charge in [-0.2, -0.15) is 0 Å². The summed E-state index contributed by atoms with van der Waals surface area (Å²) in [6, 6.07) is 2.75. The number of sulfonamides is 1. The van der Waals surface area contributed by atoms with E-state index < -0.39 is 10.0 Å². The summed E-state index contributed by atoms with van der Waals surface area (Å²) in [5, 5.41) is 4.78. The van der Waals surface area contributed by atoms with Crippen LogP contribution >= 0.6 is 0 Å². The summed E-state index contributed by atoms with van der Waals surface area (Å²) in [4.78, 5) is 20.4. The van der Waals surface area contributed by atoms with Gasteiger partial charge < -0.3 is 9.80 Å². The first-order chi connectivity index (χ1) is 10.3. The van der Waals surface area contributed by atoms with Crippen LogP contribution in [0.1, 0.15) is 23.2 Å². The van der Waals surface area contributed by atoms with Gasteiger partial charge >= 0.3 is 0 Å². The fraction of sp³-hybridized carbons (Fsp3) is 0.571. The Hall–Kier alpha value is -1.51. The number of likely N-dealkylation sites (tertiary alicyclic amines) is 2. The van der Waals surface area contributed by atoms with Gasteiger partial charge in [-0.1, -0.05) is 0 Å². The maximum Gasteiger partial charge on any atom is 0.255 e. The van der Waals surface area contributed by atoms with Crippen molar-refractivity contribution in [3.8, 4) is 0 Å². The van der Waals surface area contributed by atoms with Gasteiger partial charge in [0.25, 0.3) is 15.9 Å². The van der Waals surface area contributed by atoms with Gasteiger partial charge in [-0.05, 0) is 38.6 Å². The largest absolute Gasteiger partial charge is 0.338 e. The van der Waals surface area contributed by atoms with Gasteiger partial charge in [0, 0.05) is 31.2 Å². The highest BCUT2D eigenvalue weighted by atomic mass is 32.2. The van der Waals surface area contributed by atoms with Crippen LogP contribution in [-0.4, -0.2) is 62.3 Å². The molecule has 2 aliphatic rings. The predicted molar refractivity (Wildman–Crippen MR) is 80.7 cm³/mol. The van der Waals surface area contributed by atoms with Gasteiger partial charge in [-0.25, -0.2) is 18.5 Å². The lowest BCUT2D eigenvalue weighted by molar-refractivity contribution is 0.0773. The van der Waals surface area contributed by atoms with Crippen molar-refractivity contribution in [2.75, 3.05) is 33.2 Å². The number of rotatable bonds is 2. The highest BCUT2D eigenvalue weighted by molar-refractivity contribution is 7.89. The van der Waals surface area contributed by atoms with Gasteiger partial charge in [0.2, 0.25) is 0 Å². The molecule has 1 amide bonds. The van der Waals surface area contributed by atoms with Crippen LogP contribution < -0.4 is 5.14 Å². The van der Waals surface area contributed by atoms with Crippen molar-refractivity contribution in [1.82, 2.24) is 14.8 Å². The Kier molecular flexibility index (Phi) is 3.70. The van der Waals surface area contributed by atoms with Gasteiger partial charge in [0.05, 0.1) is 5.56 Å². The molecule has 3 rings (SSSR count). The Morgan fingerprint density at radius 1 is 1.27 bits per heavy atom. The number of carbonyl (C=O) groups excluding carboxylic acids is 1. The van der Waals surface area contributed by atoms with Gasteiger partial charge in [0.15, 0.2) is 5.03 Å². The van der Waals surface area contributed by atoms with E-state index in [4.69, 9.17) is 5.14 Å². The maximum absolute atomic E-state index is 12.5. The average molecular weight is 324 g/mol. The quantitative estimate of drug-likeness (QED) is 0.819. The third-order valence-electron chi connectivity index (χ3n) is 4.63. The van der Waals surface area contributed by atoms with Crippen LogP contribution in [0.2, 0.25) is 0 Å². The van der Waals surface area contributed by atoms with E-state index in [0.717, 1.165) is 39.0 Å². The van der Waals surface area contributed by atoms with Crippen molar-refractivity contribution in [2.45, 2.75) is 17.9 Å². The van der Waals surface area contributed by atoms with E-state index in [0.29, 0.717) is 5.56 Å². The molecule has 7 nitrogen and oxygen atoms in total. The zero-order valence-electron chi connectivity index (χ0n) is 12.5. The van der Waals surface area contributed by atoms with E-state index in [-0.39, 0.29) is 16.3 Å². The van der Waals surface area contributed by atoms with E-state index in [1.165, 1.54) is 18.3 Å². The van der Waals surface area contributed by atoms with Crippen molar-refractivity contribution in [2.24, 2.45) is 10.6 Å². The van der Waals surface area contributed by atoms with Gasteiger partial charge in [-0.15, -0.1) is 0 Å². The molecule has 2 aliphatic heterocycles. The van der Waals surface area contributed by atoms with E-state index >= 15 is 0 Å². The van der Waals surface area contributed by atoms with Crippen molar-refractivity contribution in [3.63, 3.8) is 0 Å². The molecule has 0 radical (unpaired) electrons. The summed E-state index contributed by atoms with van der Waals surface area (Å²) in [5.41, 5.74) is 0.620. The third kappa shape index (κ3) is 2.86. The van der Waals surface area contributed by atoms with Crippen molar-refractivity contribution >= 4 is 15.9 Å². The molecular formula is C14H20N4O3S. The predicted octanol–water partition coefficient (Wildman–Crippen LogP) is -0.103. The Labute approximate surface area is 130 Å². The first-order valence-electron chi connectivity index (χ1n) is 7.26. The Bertz CT molecular complexity index is 689. The molecule has 1 aromatic heterocycles. The molecule has 2 fully saturated rings. The third-order valence-corrected chi connectivity index (χ3v) is 5.45. The Balaban J connectivity index is 1.72. The van der Waals surface area contributed by atoms with Crippen LogP contribution in [0.15, 0.2) is 23.4 Å². The SMILES string of the molecule is CN1CCC2(CCN(C(=O)c3ccc(S(N)(=O)=O)nc3)C2)C1. The fourth-order valence-corrected chi connectivity index (χ4v) is 3.92. The van der Waals surface area contributed by atoms with Crippen molar-refractivity contribution in [1.29, 1.82) is 0 Å². The van der Waals surface area contributed by atoms with E-state index in [1.807, 2.05) is 4.90 Å². The zero-order valence-corrected chi connectivity index (χ0v) is 13.3. The number of carbonyl (C=O) groups is 1. The number of nitrogens with two attached hydrogens (primary N) is 1. The summed E-state index contributed by atoms with van der Waals surface area (Å²) in [7, 11) is -1.72. The molecule has 1 unspecified atom stereocenters. The second kappa shape index (κ2) is 5.29. The molecule has 0 aliphatic carbocycles. The zero-order chi connectivity index (χ0) is 16.0. The minimum atomic E-state index is -3.83. The molecule has 1 aromatic rings. The molecular weight excluding hydrogens is 304 g/mol. The van der Waals surface area contributed by atoms with E-state index in [9.17, 15) is 13.2 Å². The molecule has 120 valence electrons. The molecule has 0 bridgehead atoms. The summed E-state index contributed by atoms with van der Waals surface area (Å²) in [6.45, 7) is 3.60. The van der Waals surface area contributed by atoms with Crippen LogP contribution in [0, 0.1) is 5.41 Å². The number of aromatic nitrogens is 1. The molecule has 1 spiro atoms. The first kappa shape index (κ1) is 15.4. The lowest BCUT2D eigenvalue weighted by atomic mass is 9.86. The Morgan fingerprint density at radius 3 is 2.55 bits per heavy atom. The summed E-state index contributed by atoms with van der Waals surface area (Å²) >= 11 is 0. The normalized spacial score (nSPS) is 26.0. The summed E-state index contributed by atoms with van der Waals surface area (Å²) in [6.07, 6.45) is 3.43. The summed E-state index contributed by atoms with van der Waals surface area (Å²) in [5.74, 6) is -0.0973. The minimum Gasteiger partial charge on any atom is -0.338 e. The first-order valence-corrected chi connectivity index (χ1v) is 8.80. The monoisotopic (exact) mass is 324 g/mol. The van der Waals surface area contributed by atoms with Crippen LogP contribution in [0.4, 0.5) is 0 Å². The number of pyridine rings is 1. The van der Waals surface area contributed by atoms with Crippen LogP contribution in [0.5, 0.6) is 0 Å². The lowest BCUT2D eigenvalue weighted by Gasteiger charge is -2.23. The van der Waals surface area contributed by atoms with Crippen LogP contribution in [-0.2, 0) is 10.0 Å². The topological polar surface area (TPSA) is 96.6 Å². The molecule has 0 aromatic carbocycles. The highest BCUT2D eigenvalue weighted by Crippen LogP contribution is 2.39. The number of amides is 1.